The largest absolute Gasteiger partial charge is 0.462 e. The van der Waals surface area contributed by atoms with Crippen molar-refractivity contribution in [2.75, 3.05) is 6.61 Å². The molecule has 6 aliphatic carbocycles. The van der Waals surface area contributed by atoms with E-state index in [1.165, 1.54) is 32.1 Å². The molecule has 6 nitrogen and oxygen atoms in total. The fraction of sp³-hybridized carbons (Fsp3) is 0.880. The average molecular weight is 431 g/mol. The third kappa shape index (κ3) is 3.14. The molecule has 31 heavy (non-hydrogen) atoms. The minimum absolute atomic E-state index is 0.0460. The van der Waals surface area contributed by atoms with Gasteiger partial charge in [0.05, 0.1) is 18.3 Å². The summed E-state index contributed by atoms with van der Waals surface area (Å²) < 4.78 is 16.9. The lowest BCUT2D eigenvalue weighted by Gasteiger charge is -2.53. The van der Waals surface area contributed by atoms with Crippen molar-refractivity contribution in [3.63, 3.8) is 0 Å². The second-order valence-electron chi connectivity index (χ2n) is 11.6. The molecule has 1 aliphatic heterocycles. The van der Waals surface area contributed by atoms with Crippen LogP contribution in [0.2, 0.25) is 0 Å². The monoisotopic (exact) mass is 430 g/mol. The molecule has 0 spiro atoms. The molecule has 7 atom stereocenters. The molecule has 0 aromatic heterocycles. The van der Waals surface area contributed by atoms with Crippen molar-refractivity contribution in [2.45, 2.75) is 71.0 Å². The number of ether oxygens (including phenoxy) is 3. The Bertz CT molecular complexity index is 763. The van der Waals surface area contributed by atoms with E-state index in [-0.39, 0.29) is 48.9 Å². The van der Waals surface area contributed by atoms with Gasteiger partial charge in [0.15, 0.2) is 0 Å². The Hall–Kier alpha value is -1.59. The molecular weight excluding hydrogens is 396 g/mol. The summed E-state index contributed by atoms with van der Waals surface area (Å²) in [5, 5.41) is 0. The van der Waals surface area contributed by atoms with Gasteiger partial charge in [-0.25, -0.2) is 0 Å². The van der Waals surface area contributed by atoms with Gasteiger partial charge in [-0.3, -0.25) is 14.4 Å². The van der Waals surface area contributed by atoms with Crippen LogP contribution in [-0.2, 0) is 28.6 Å². The number of carbonyl (C=O) groups excluding carboxylic acids is 3. The standard InChI is InChI=1S/C25H34O6/c1-11-12(2)19-9-18(11)21(24(27)30-17-8-20(26)29-10-17)22(19)25(28)31-23-15-4-13-3-14(6-15)7-16(23)5-13/h11-19,21-23H,3-10H2,1-2H3. The number of cyclic esters (lactones) is 1. The second-order valence-corrected chi connectivity index (χ2v) is 11.6. The Morgan fingerprint density at radius 2 is 1.35 bits per heavy atom. The quantitative estimate of drug-likeness (QED) is 0.503. The second kappa shape index (κ2) is 7.21. The zero-order chi connectivity index (χ0) is 21.4. The Kier molecular flexibility index (Phi) is 4.66. The molecule has 7 fully saturated rings. The number of hydrogen-bond donors (Lipinski definition) is 0. The number of carbonyl (C=O) groups is 3. The molecule has 7 rings (SSSR count). The zero-order valence-electron chi connectivity index (χ0n) is 18.5. The van der Waals surface area contributed by atoms with E-state index in [1.54, 1.807) is 0 Å². The number of rotatable bonds is 4. The predicted octanol–water partition coefficient (Wildman–Crippen LogP) is 3.37. The highest BCUT2D eigenvalue weighted by Crippen LogP contribution is 2.60. The molecule has 1 saturated heterocycles. The molecule has 6 heteroatoms. The van der Waals surface area contributed by atoms with Crippen LogP contribution < -0.4 is 0 Å². The number of fused-ring (bicyclic) bond motifs is 2. The van der Waals surface area contributed by atoms with Gasteiger partial charge in [0.2, 0.25) is 0 Å². The minimum Gasteiger partial charge on any atom is -0.462 e. The maximum Gasteiger partial charge on any atom is 0.310 e. The summed E-state index contributed by atoms with van der Waals surface area (Å²) in [6.45, 7) is 4.53. The van der Waals surface area contributed by atoms with Crippen LogP contribution in [0, 0.1) is 59.2 Å². The van der Waals surface area contributed by atoms with Crippen molar-refractivity contribution in [2.24, 2.45) is 59.2 Å². The van der Waals surface area contributed by atoms with E-state index in [1.807, 2.05) is 0 Å². The van der Waals surface area contributed by atoms with E-state index in [4.69, 9.17) is 14.2 Å². The highest BCUT2D eigenvalue weighted by molar-refractivity contribution is 5.84. The van der Waals surface area contributed by atoms with Crippen LogP contribution in [0.15, 0.2) is 0 Å². The average Bonchev–Trinajstić information content (AvgIpc) is 3.39. The van der Waals surface area contributed by atoms with E-state index in [2.05, 4.69) is 13.8 Å². The van der Waals surface area contributed by atoms with Gasteiger partial charge in [0.1, 0.15) is 18.8 Å². The van der Waals surface area contributed by atoms with Gasteiger partial charge in [-0.05, 0) is 85.9 Å². The van der Waals surface area contributed by atoms with E-state index >= 15 is 0 Å². The summed E-state index contributed by atoms with van der Waals surface area (Å²) in [7, 11) is 0. The number of esters is 3. The van der Waals surface area contributed by atoms with Gasteiger partial charge in [0.25, 0.3) is 0 Å². The van der Waals surface area contributed by atoms with Gasteiger partial charge in [-0.2, -0.15) is 0 Å². The lowest BCUT2D eigenvalue weighted by molar-refractivity contribution is -0.185. The molecule has 0 aromatic rings. The summed E-state index contributed by atoms with van der Waals surface area (Å²) in [6, 6.07) is 0. The van der Waals surface area contributed by atoms with E-state index < -0.39 is 17.9 Å². The Morgan fingerprint density at radius 3 is 1.87 bits per heavy atom. The van der Waals surface area contributed by atoms with Crippen LogP contribution in [0.1, 0.15) is 58.8 Å². The highest BCUT2D eigenvalue weighted by atomic mass is 16.6. The van der Waals surface area contributed by atoms with Gasteiger partial charge >= 0.3 is 17.9 Å². The van der Waals surface area contributed by atoms with Gasteiger partial charge < -0.3 is 14.2 Å². The van der Waals surface area contributed by atoms with Crippen LogP contribution >= 0.6 is 0 Å². The molecule has 0 amide bonds. The van der Waals surface area contributed by atoms with Crippen molar-refractivity contribution < 1.29 is 28.6 Å². The van der Waals surface area contributed by atoms with E-state index in [0.717, 1.165) is 18.3 Å². The zero-order valence-corrected chi connectivity index (χ0v) is 18.5. The smallest absolute Gasteiger partial charge is 0.310 e. The van der Waals surface area contributed by atoms with Gasteiger partial charge in [0, 0.05) is 0 Å². The van der Waals surface area contributed by atoms with Crippen molar-refractivity contribution in [3.05, 3.63) is 0 Å². The number of hydrogen-bond acceptors (Lipinski definition) is 6. The molecule has 1 heterocycles. The molecule has 0 aromatic carbocycles. The Labute approximate surface area is 183 Å². The lowest BCUT2D eigenvalue weighted by atomic mass is 9.55. The first-order valence-corrected chi connectivity index (χ1v) is 12.5. The molecule has 170 valence electrons. The molecular formula is C25H34O6. The summed E-state index contributed by atoms with van der Waals surface area (Å²) >= 11 is 0. The third-order valence-corrected chi connectivity index (χ3v) is 10.1. The predicted molar refractivity (Wildman–Crippen MR) is 109 cm³/mol. The summed E-state index contributed by atoms with van der Waals surface area (Å²) in [4.78, 5) is 38.2. The minimum atomic E-state index is -0.520. The third-order valence-electron chi connectivity index (χ3n) is 10.1. The summed E-state index contributed by atoms with van der Waals surface area (Å²) in [5.41, 5.74) is 0. The summed E-state index contributed by atoms with van der Waals surface area (Å²) in [6.07, 6.45) is 6.72. The van der Waals surface area contributed by atoms with Crippen molar-refractivity contribution in [1.82, 2.24) is 0 Å². The first-order valence-electron chi connectivity index (χ1n) is 12.5. The molecule has 6 saturated carbocycles. The Morgan fingerprint density at radius 1 is 0.806 bits per heavy atom. The van der Waals surface area contributed by atoms with Crippen molar-refractivity contribution >= 4 is 17.9 Å². The normalized spacial score (nSPS) is 51.7. The molecule has 0 radical (unpaired) electrons. The fourth-order valence-electron chi connectivity index (χ4n) is 8.73. The van der Waals surface area contributed by atoms with E-state index in [9.17, 15) is 14.4 Å². The van der Waals surface area contributed by atoms with Crippen LogP contribution in [0.3, 0.4) is 0 Å². The summed E-state index contributed by atoms with van der Waals surface area (Å²) in [5.74, 6) is 2.15. The topological polar surface area (TPSA) is 78.9 Å². The maximum absolute atomic E-state index is 13.6. The molecule has 0 N–H and O–H groups in total. The van der Waals surface area contributed by atoms with E-state index in [0.29, 0.717) is 23.7 Å². The van der Waals surface area contributed by atoms with Crippen molar-refractivity contribution in [3.8, 4) is 0 Å². The first kappa shape index (κ1) is 20.0. The van der Waals surface area contributed by atoms with Crippen LogP contribution in [0.25, 0.3) is 0 Å². The lowest BCUT2D eigenvalue weighted by Crippen LogP contribution is -2.51. The maximum atomic E-state index is 13.6. The van der Waals surface area contributed by atoms with Crippen molar-refractivity contribution in [1.29, 1.82) is 0 Å². The molecule has 7 aliphatic rings. The van der Waals surface area contributed by atoms with Crippen LogP contribution in [-0.4, -0.2) is 36.7 Å². The SMILES string of the molecule is CC1C(C)C2CC1C(C(=O)OC1COC(=O)C1)C2C(=O)OC1C2CC3CC(C2)CC1C3. The first-order chi connectivity index (χ1) is 14.9. The van der Waals surface area contributed by atoms with Crippen LogP contribution in [0.4, 0.5) is 0 Å². The van der Waals surface area contributed by atoms with Gasteiger partial charge in [-0.15, -0.1) is 0 Å². The Balaban J connectivity index is 1.19. The molecule has 7 unspecified atom stereocenters. The highest BCUT2D eigenvalue weighted by Gasteiger charge is 2.62. The molecule has 6 bridgehead atoms. The fourth-order valence-corrected chi connectivity index (χ4v) is 8.73. The van der Waals surface area contributed by atoms with Crippen LogP contribution in [0.5, 0.6) is 0 Å². The van der Waals surface area contributed by atoms with Gasteiger partial charge in [-0.1, -0.05) is 13.8 Å².